The van der Waals surface area contributed by atoms with E-state index in [-0.39, 0.29) is 5.91 Å². The maximum Gasteiger partial charge on any atom is 0.231 e. The number of ether oxygens (including phenoxy) is 2. The minimum absolute atomic E-state index is 0.0106. The lowest BCUT2D eigenvalue weighted by atomic mass is 9.73. The summed E-state index contributed by atoms with van der Waals surface area (Å²) in [4.78, 5) is 21.0. The van der Waals surface area contributed by atoms with Crippen molar-refractivity contribution < 1.29 is 14.3 Å². The number of aromatic nitrogens is 2. The molecule has 0 unspecified atom stereocenters. The van der Waals surface area contributed by atoms with Gasteiger partial charge in [-0.2, -0.15) is 0 Å². The Kier molecular flexibility index (Phi) is 4.81. The molecule has 0 bridgehead atoms. The summed E-state index contributed by atoms with van der Waals surface area (Å²) in [6.45, 7) is 1.51. The number of carbonyl (C=O) groups excluding carboxylic acids is 1. The van der Waals surface area contributed by atoms with Crippen LogP contribution in [0.15, 0.2) is 48.5 Å². The van der Waals surface area contributed by atoms with Gasteiger partial charge in [0.1, 0.15) is 11.6 Å². The van der Waals surface area contributed by atoms with Gasteiger partial charge < -0.3 is 19.8 Å². The van der Waals surface area contributed by atoms with Crippen LogP contribution in [0.25, 0.3) is 11.0 Å². The number of methoxy groups -OCH3 is 1. The van der Waals surface area contributed by atoms with Gasteiger partial charge in [-0.15, -0.1) is 0 Å². The third-order valence-corrected chi connectivity index (χ3v) is 5.28. The van der Waals surface area contributed by atoms with E-state index in [9.17, 15) is 4.79 Å². The van der Waals surface area contributed by atoms with E-state index in [2.05, 4.69) is 15.3 Å². The van der Waals surface area contributed by atoms with Gasteiger partial charge in [-0.05, 0) is 42.7 Å². The SMILES string of the molecule is COc1ccc(C2(C(=O)NCc3nc4ccccc4[nH]3)CCOCC2)cc1. The van der Waals surface area contributed by atoms with Gasteiger partial charge in [0, 0.05) is 13.2 Å². The minimum Gasteiger partial charge on any atom is -0.497 e. The molecule has 2 heterocycles. The van der Waals surface area contributed by atoms with Gasteiger partial charge in [-0.1, -0.05) is 24.3 Å². The van der Waals surface area contributed by atoms with Crippen LogP contribution in [0.3, 0.4) is 0 Å². The second kappa shape index (κ2) is 7.40. The van der Waals surface area contributed by atoms with Crippen LogP contribution >= 0.6 is 0 Å². The fourth-order valence-electron chi connectivity index (χ4n) is 3.70. The molecule has 2 aromatic carbocycles. The van der Waals surface area contributed by atoms with Gasteiger partial charge in [0.05, 0.1) is 30.1 Å². The van der Waals surface area contributed by atoms with Crippen molar-refractivity contribution in [1.82, 2.24) is 15.3 Å². The number of hydrogen-bond donors (Lipinski definition) is 2. The Balaban J connectivity index is 1.55. The summed E-state index contributed by atoms with van der Waals surface area (Å²) in [6, 6.07) is 15.6. The van der Waals surface area contributed by atoms with Gasteiger partial charge in [0.15, 0.2) is 0 Å². The van der Waals surface area contributed by atoms with Crippen LogP contribution in [0.1, 0.15) is 24.2 Å². The fourth-order valence-corrected chi connectivity index (χ4v) is 3.70. The van der Waals surface area contributed by atoms with E-state index in [0.29, 0.717) is 32.6 Å². The Bertz CT molecular complexity index is 894. The van der Waals surface area contributed by atoms with Crippen LogP contribution in [0.2, 0.25) is 0 Å². The van der Waals surface area contributed by atoms with E-state index in [4.69, 9.17) is 9.47 Å². The Hall–Kier alpha value is -2.86. The first kappa shape index (κ1) is 17.5. The number of rotatable bonds is 5. The van der Waals surface area contributed by atoms with Crippen molar-refractivity contribution >= 4 is 16.9 Å². The highest BCUT2D eigenvalue weighted by Crippen LogP contribution is 2.36. The number of nitrogens with zero attached hydrogens (tertiary/aromatic N) is 1. The number of H-pyrrole nitrogens is 1. The molecule has 140 valence electrons. The van der Waals surface area contributed by atoms with Crippen LogP contribution in [0.4, 0.5) is 0 Å². The molecule has 6 nitrogen and oxygen atoms in total. The number of nitrogens with one attached hydrogen (secondary N) is 2. The van der Waals surface area contributed by atoms with Crippen molar-refractivity contribution in [3.8, 4) is 5.75 Å². The molecular weight excluding hydrogens is 342 g/mol. The molecular formula is C21H23N3O3. The summed E-state index contributed by atoms with van der Waals surface area (Å²) in [5.74, 6) is 1.54. The van der Waals surface area contributed by atoms with E-state index in [1.165, 1.54) is 0 Å². The van der Waals surface area contributed by atoms with E-state index >= 15 is 0 Å². The average Bonchev–Trinajstić information content (AvgIpc) is 3.15. The van der Waals surface area contributed by atoms with Crippen molar-refractivity contribution in [2.24, 2.45) is 0 Å². The van der Waals surface area contributed by atoms with Gasteiger partial charge >= 0.3 is 0 Å². The topological polar surface area (TPSA) is 76.2 Å². The number of fused-ring (bicyclic) bond motifs is 1. The lowest BCUT2D eigenvalue weighted by Gasteiger charge is -2.36. The quantitative estimate of drug-likeness (QED) is 0.729. The summed E-state index contributed by atoms with van der Waals surface area (Å²) in [5, 5.41) is 3.08. The molecule has 27 heavy (non-hydrogen) atoms. The second-order valence-electron chi connectivity index (χ2n) is 6.81. The molecule has 0 atom stereocenters. The number of carbonyl (C=O) groups is 1. The second-order valence-corrected chi connectivity index (χ2v) is 6.81. The molecule has 1 aromatic heterocycles. The van der Waals surface area contributed by atoms with Crippen molar-refractivity contribution in [3.63, 3.8) is 0 Å². The molecule has 1 aliphatic rings. The fraction of sp³-hybridized carbons (Fsp3) is 0.333. The monoisotopic (exact) mass is 365 g/mol. The molecule has 1 aliphatic heterocycles. The molecule has 6 heteroatoms. The highest BCUT2D eigenvalue weighted by Gasteiger charge is 2.41. The summed E-state index contributed by atoms with van der Waals surface area (Å²) in [5.41, 5.74) is 2.28. The molecule has 3 aromatic rings. The zero-order chi connectivity index (χ0) is 18.7. The summed E-state index contributed by atoms with van der Waals surface area (Å²) < 4.78 is 10.8. The summed E-state index contributed by atoms with van der Waals surface area (Å²) in [7, 11) is 1.64. The van der Waals surface area contributed by atoms with Crippen molar-refractivity contribution in [3.05, 3.63) is 59.9 Å². The van der Waals surface area contributed by atoms with E-state index in [0.717, 1.165) is 28.2 Å². The molecule has 1 amide bonds. The molecule has 0 saturated carbocycles. The number of para-hydroxylation sites is 2. The first-order valence-corrected chi connectivity index (χ1v) is 9.15. The van der Waals surface area contributed by atoms with Crippen LogP contribution in [0.5, 0.6) is 5.75 Å². The maximum absolute atomic E-state index is 13.2. The highest BCUT2D eigenvalue weighted by molar-refractivity contribution is 5.88. The van der Waals surface area contributed by atoms with E-state index < -0.39 is 5.41 Å². The third kappa shape index (κ3) is 3.40. The van der Waals surface area contributed by atoms with Crippen molar-refractivity contribution in [2.45, 2.75) is 24.8 Å². The van der Waals surface area contributed by atoms with Crippen LogP contribution in [0, 0.1) is 0 Å². The molecule has 2 N–H and O–H groups in total. The van der Waals surface area contributed by atoms with Crippen molar-refractivity contribution in [2.75, 3.05) is 20.3 Å². The van der Waals surface area contributed by atoms with Crippen LogP contribution < -0.4 is 10.1 Å². The van der Waals surface area contributed by atoms with Crippen LogP contribution in [-0.2, 0) is 21.5 Å². The zero-order valence-corrected chi connectivity index (χ0v) is 15.3. The molecule has 1 fully saturated rings. The van der Waals surface area contributed by atoms with Gasteiger partial charge in [0.25, 0.3) is 0 Å². The zero-order valence-electron chi connectivity index (χ0n) is 15.3. The normalized spacial score (nSPS) is 16.2. The van der Waals surface area contributed by atoms with E-state index in [1.807, 2.05) is 48.5 Å². The number of amides is 1. The first-order valence-electron chi connectivity index (χ1n) is 9.15. The highest BCUT2D eigenvalue weighted by atomic mass is 16.5. The standard InChI is InChI=1S/C21H23N3O3/c1-26-16-8-6-15(7-9-16)21(10-12-27-13-11-21)20(25)22-14-19-23-17-4-2-3-5-18(17)24-19/h2-9H,10-14H2,1H3,(H,22,25)(H,23,24). The molecule has 1 saturated heterocycles. The smallest absolute Gasteiger partial charge is 0.231 e. The Morgan fingerprint density at radius 2 is 1.93 bits per heavy atom. The Labute approximate surface area is 157 Å². The first-order chi connectivity index (χ1) is 13.2. The molecule has 4 rings (SSSR count). The number of aromatic amines is 1. The lowest BCUT2D eigenvalue weighted by Crippen LogP contribution is -2.47. The van der Waals surface area contributed by atoms with Gasteiger partial charge in [-0.25, -0.2) is 4.98 Å². The largest absolute Gasteiger partial charge is 0.497 e. The Morgan fingerprint density at radius 1 is 1.19 bits per heavy atom. The predicted molar refractivity (Wildman–Crippen MR) is 103 cm³/mol. The van der Waals surface area contributed by atoms with Gasteiger partial charge in [-0.3, -0.25) is 4.79 Å². The lowest BCUT2D eigenvalue weighted by molar-refractivity contribution is -0.130. The molecule has 0 aliphatic carbocycles. The third-order valence-electron chi connectivity index (χ3n) is 5.28. The van der Waals surface area contributed by atoms with Crippen molar-refractivity contribution in [1.29, 1.82) is 0 Å². The molecule has 0 radical (unpaired) electrons. The summed E-state index contributed by atoms with van der Waals surface area (Å²) >= 11 is 0. The Morgan fingerprint density at radius 3 is 2.63 bits per heavy atom. The number of hydrogen-bond acceptors (Lipinski definition) is 4. The minimum atomic E-state index is -0.587. The average molecular weight is 365 g/mol. The van der Waals surface area contributed by atoms with E-state index in [1.54, 1.807) is 7.11 Å². The summed E-state index contributed by atoms with van der Waals surface area (Å²) in [6.07, 6.45) is 1.32. The van der Waals surface area contributed by atoms with Crippen LogP contribution in [-0.4, -0.2) is 36.2 Å². The maximum atomic E-state index is 13.2. The van der Waals surface area contributed by atoms with Gasteiger partial charge in [0.2, 0.25) is 5.91 Å². The number of imidazole rings is 1. The predicted octanol–water partition coefficient (Wildman–Crippen LogP) is 2.94. The number of benzene rings is 2. The molecule has 0 spiro atoms.